The first-order valence-corrected chi connectivity index (χ1v) is 8.30. The maximum absolute atomic E-state index is 11.2. The van der Waals surface area contributed by atoms with Gasteiger partial charge in [0.25, 0.3) is 0 Å². The van der Waals surface area contributed by atoms with Crippen molar-refractivity contribution in [2.75, 3.05) is 6.26 Å². The van der Waals surface area contributed by atoms with Crippen molar-refractivity contribution in [1.29, 1.82) is 0 Å². The number of aliphatic imine (C=N–C) groups is 1. The summed E-state index contributed by atoms with van der Waals surface area (Å²) in [4.78, 5) is 4.25. The number of nitrogens with one attached hydrogen (secondary N) is 1. The lowest BCUT2D eigenvalue weighted by atomic mass is 10.1. The highest BCUT2D eigenvalue weighted by molar-refractivity contribution is 7.89. The van der Waals surface area contributed by atoms with E-state index in [9.17, 15) is 8.42 Å². The summed E-state index contributed by atoms with van der Waals surface area (Å²) < 4.78 is 22.5. The number of benzene rings is 1. The Morgan fingerprint density at radius 2 is 2.11 bits per heavy atom. The molecule has 1 saturated carbocycles. The van der Waals surface area contributed by atoms with Crippen molar-refractivity contribution in [2.45, 2.75) is 31.2 Å². The number of rotatable bonds is 5. The molecule has 6 heteroatoms. The van der Waals surface area contributed by atoms with Crippen LogP contribution in [0.4, 0.5) is 0 Å². The summed E-state index contributed by atoms with van der Waals surface area (Å²) in [5.74, 6) is 0.511. The van der Waals surface area contributed by atoms with Crippen LogP contribution >= 0.6 is 0 Å². The van der Waals surface area contributed by atoms with Gasteiger partial charge in [0, 0.05) is 12.3 Å². The molecule has 0 bridgehead atoms. The molecule has 1 aromatic rings. The molecule has 0 aromatic heterocycles. The van der Waals surface area contributed by atoms with Crippen molar-refractivity contribution >= 4 is 15.8 Å². The van der Waals surface area contributed by atoms with Crippen LogP contribution in [0.25, 0.3) is 0 Å². The minimum absolute atomic E-state index is 0.0559. The molecule has 0 atom stereocenters. The van der Waals surface area contributed by atoms with Crippen LogP contribution < -0.4 is 11.1 Å². The molecule has 104 valence electrons. The minimum Gasteiger partial charge on any atom is -0.370 e. The van der Waals surface area contributed by atoms with Crippen molar-refractivity contribution in [3.63, 3.8) is 0 Å². The number of nitrogens with zero attached hydrogens (tertiary/aromatic N) is 1. The molecule has 1 aliphatic rings. The predicted octanol–water partition coefficient (Wildman–Crippen LogP) is 0.798. The Hall–Kier alpha value is -1.56. The molecule has 1 aromatic carbocycles. The van der Waals surface area contributed by atoms with Crippen molar-refractivity contribution in [1.82, 2.24) is 5.32 Å². The third-order valence-corrected chi connectivity index (χ3v) is 3.64. The van der Waals surface area contributed by atoms with Gasteiger partial charge in [0.15, 0.2) is 15.8 Å². The Morgan fingerprint density at radius 1 is 1.42 bits per heavy atom. The van der Waals surface area contributed by atoms with Crippen molar-refractivity contribution in [3.05, 3.63) is 35.4 Å². The molecule has 0 unspecified atom stereocenters. The van der Waals surface area contributed by atoms with E-state index in [4.69, 9.17) is 5.73 Å². The first-order chi connectivity index (χ1) is 8.92. The molecule has 0 amide bonds. The van der Waals surface area contributed by atoms with Gasteiger partial charge < -0.3 is 11.1 Å². The number of nitrogens with two attached hydrogens (primary N) is 1. The SMILES string of the molecule is CS(=O)(=O)Cc1cccc(CN=C(N)NC2CC2)c1. The molecule has 0 heterocycles. The second-order valence-electron chi connectivity index (χ2n) is 5.01. The van der Waals surface area contributed by atoms with Gasteiger partial charge in [-0.15, -0.1) is 0 Å². The predicted molar refractivity (Wildman–Crippen MR) is 76.5 cm³/mol. The molecule has 1 fully saturated rings. The Bertz CT molecular complexity index is 577. The zero-order valence-electron chi connectivity index (χ0n) is 11.0. The van der Waals surface area contributed by atoms with E-state index in [0.29, 0.717) is 18.5 Å². The van der Waals surface area contributed by atoms with Gasteiger partial charge in [0.1, 0.15) is 0 Å². The lowest BCUT2D eigenvalue weighted by Crippen LogP contribution is -2.33. The number of guanidine groups is 1. The molecule has 5 nitrogen and oxygen atoms in total. The van der Waals surface area contributed by atoms with Gasteiger partial charge in [-0.1, -0.05) is 24.3 Å². The molecule has 1 aliphatic carbocycles. The summed E-state index contributed by atoms with van der Waals surface area (Å²) in [5, 5.41) is 3.11. The van der Waals surface area contributed by atoms with Crippen molar-refractivity contribution < 1.29 is 8.42 Å². The van der Waals surface area contributed by atoms with Gasteiger partial charge in [0.05, 0.1) is 12.3 Å². The highest BCUT2D eigenvalue weighted by Crippen LogP contribution is 2.18. The Morgan fingerprint density at radius 3 is 2.74 bits per heavy atom. The number of hydrogen-bond donors (Lipinski definition) is 2. The molecule has 0 aliphatic heterocycles. The van der Waals surface area contributed by atoms with Crippen molar-refractivity contribution in [3.8, 4) is 0 Å². The van der Waals surface area contributed by atoms with E-state index >= 15 is 0 Å². The highest BCUT2D eigenvalue weighted by atomic mass is 32.2. The van der Waals surface area contributed by atoms with E-state index in [2.05, 4.69) is 10.3 Å². The second kappa shape index (κ2) is 5.61. The molecule has 19 heavy (non-hydrogen) atoms. The molecule has 0 saturated heterocycles. The normalized spacial score (nSPS) is 16.4. The summed E-state index contributed by atoms with van der Waals surface area (Å²) in [6.07, 6.45) is 3.54. The maximum Gasteiger partial charge on any atom is 0.189 e. The largest absolute Gasteiger partial charge is 0.370 e. The van der Waals surface area contributed by atoms with E-state index < -0.39 is 9.84 Å². The summed E-state index contributed by atoms with van der Waals surface area (Å²) in [7, 11) is -3.01. The monoisotopic (exact) mass is 281 g/mol. The fraction of sp³-hybridized carbons (Fsp3) is 0.462. The first kappa shape index (κ1) is 13.9. The standard InChI is InChI=1S/C13H19N3O2S/c1-19(17,18)9-11-4-2-3-10(7-11)8-15-13(14)16-12-5-6-12/h2-4,7,12H,5-6,8-9H2,1H3,(H3,14,15,16). The van der Waals surface area contributed by atoms with Crippen LogP contribution in [-0.2, 0) is 22.1 Å². The van der Waals surface area contributed by atoms with E-state index in [-0.39, 0.29) is 5.75 Å². The minimum atomic E-state index is -3.01. The lowest BCUT2D eigenvalue weighted by Gasteiger charge is -2.05. The second-order valence-corrected chi connectivity index (χ2v) is 7.15. The van der Waals surface area contributed by atoms with E-state index in [0.717, 1.165) is 24.0 Å². The van der Waals surface area contributed by atoms with Crippen LogP contribution in [0.1, 0.15) is 24.0 Å². The molecule has 0 spiro atoms. The quantitative estimate of drug-likeness (QED) is 0.617. The van der Waals surface area contributed by atoms with E-state index in [1.807, 2.05) is 18.2 Å². The zero-order valence-corrected chi connectivity index (χ0v) is 11.8. The number of sulfone groups is 1. The Balaban J connectivity index is 1.98. The van der Waals surface area contributed by atoms with Crippen LogP contribution in [0.2, 0.25) is 0 Å². The van der Waals surface area contributed by atoms with Gasteiger partial charge in [-0.3, -0.25) is 0 Å². The van der Waals surface area contributed by atoms with Crippen LogP contribution in [0, 0.1) is 0 Å². The Kier molecular flexibility index (Phi) is 4.09. The third-order valence-electron chi connectivity index (χ3n) is 2.78. The smallest absolute Gasteiger partial charge is 0.189 e. The summed E-state index contributed by atoms with van der Waals surface area (Å²) in [6, 6.07) is 7.91. The summed E-state index contributed by atoms with van der Waals surface area (Å²) >= 11 is 0. The van der Waals surface area contributed by atoms with Gasteiger partial charge in [-0.25, -0.2) is 13.4 Å². The van der Waals surface area contributed by atoms with Crippen LogP contribution in [0.15, 0.2) is 29.3 Å². The zero-order chi connectivity index (χ0) is 13.9. The first-order valence-electron chi connectivity index (χ1n) is 6.24. The topological polar surface area (TPSA) is 84.5 Å². The van der Waals surface area contributed by atoms with Crippen LogP contribution in [0.3, 0.4) is 0 Å². The maximum atomic E-state index is 11.2. The van der Waals surface area contributed by atoms with Gasteiger partial charge in [-0.05, 0) is 24.0 Å². The highest BCUT2D eigenvalue weighted by Gasteiger charge is 2.21. The van der Waals surface area contributed by atoms with Crippen LogP contribution in [-0.4, -0.2) is 26.7 Å². The van der Waals surface area contributed by atoms with Crippen LogP contribution in [0.5, 0.6) is 0 Å². The average Bonchev–Trinajstić information content (AvgIpc) is 3.08. The molecule has 3 N–H and O–H groups in total. The van der Waals surface area contributed by atoms with Gasteiger partial charge in [0.2, 0.25) is 0 Å². The molecule has 0 radical (unpaired) electrons. The average molecular weight is 281 g/mol. The van der Waals surface area contributed by atoms with Gasteiger partial charge in [-0.2, -0.15) is 0 Å². The number of hydrogen-bond acceptors (Lipinski definition) is 3. The molecular formula is C13H19N3O2S. The fourth-order valence-electron chi connectivity index (χ4n) is 1.78. The Labute approximate surface area is 113 Å². The molecular weight excluding hydrogens is 262 g/mol. The van der Waals surface area contributed by atoms with Crippen molar-refractivity contribution in [2.24, 2.45) is 10.7 Å². The molecule has 2 rings (SSSR count). The summed E-state index contributed by atoms with van der Waals surface area (Å²) in [6.45, 7) is 0.461. The van der Waals surface area contributed by atoms with Gasteiger partial charge >= 0.3 is 0 Å². The lowest BCUT2D eigenvalue weighted by molar-refractivity contribution is 0.601. The van der Waals surface area contributed by atoms with E-state index in [1.54, 1.807) is 6.07 Å². The third kappa shape index (κ3) is 5.30. The van der Waals surface area contributed by atoms with E-state index in [1.165, 1.54) is 6.26 Å². The fourth-order valence-corrected chi connectivity index (χ4v) is 2.56. The summed E-state index contributed by atoms with van der Waals surface area (Å²) in [5.41, 5.74) is 7.49.